The van der Waals surface area contributed by atoms with E-state index in [1.807, 2.05) is 0 Å². The Morgan fingerprint density at radius 1 is 1.10 bits per heavy atom. The van der Waals surface area contributed by atoms with Crippen LogP contribution in [0.5, 0.6) is 0 Å². The Morgan fingerprint density at radius 3 is 2.27 bits per heavy atom. The van der Waals surface area contributed by atoms with Gasteiger partial charge in [0.05, 0.1) is 49.8 Å². The lowest BCUT2D eigenvalue weighted by atomic mass is 9.37. The predicted molar refractivity (Wildman–Crippen MR) is 170 cm³/mol. The fourth-order valence-corrected chi connectivity index (χ4v) is 10.1. The van der Waals surface area contributed by atoms with Crippen molar-refractivity contribution in [1.29, 1.82) is 0 Å². The number of esters is 2. The Bertz CT molecular complexity index is 1490. The Balaban J connectivity index is 1.70. The fraction of sp³-hybridized carbons (Fsp3) is 0.771. The van der Waals surface area contributed by atoms with Crippen molar-refractivity contribution in [2.75, 3.05) is 13.7 Å². The smallest absolute Gasteiger partial charge is 0.335 e. The molecular formula is C35H50O16. The summed E-state index contributed by atoms with van der Waals surface area (Å²) >= 11 is 0. The lowest BCUT2D eigenvalue weighted by molar-refractivity contribution is -0.329. The molecule has 0 aromatic carbocycles. The molecule has 0 radical (unpaired) electrons. The number of carbonyl (C=O) groups excluding carboxylic acids is 3. The van der Waals surface area contributed by atoms with Crippen molar-refractivity contribution in [1.82, 2.24) is 0 Å². The molecule has 4 fully saturated rings. The number of carboxylic acids is 1. The number of furan rings is 1. The van der Waals surface area contributed by atoms with Gasteiger partial charge >= 0.3 is 17.9 Å². The molecule has 14 atom stereocenters. The molecule has 6 N–H and O–H groups in total. The average Bonchev–Trinajstić information content (AvgIpc) is 3.62. The second kappa shape index (κ2) is 13.5. The number of hydrogen-bond acceptors (Lipinski definition) is 15. The van der Waals surface area contributed by atoms with Crippen molar-refractivity contribution in [2.45, 2.75) is 127 Å². The van der Waals surface area contributed by atoms with E-state index in [0.29, 0.717) is 5.56 Å². The number of Topliss-reactive ketones (excluding diaryl/α,β-unsaturated/α-hetero) is 1. The molecule has 2 aliphatic heterocycles. The molecule has 5 rings (SSSR count). The third-order valence-corrected chi connectivity index (χ3v) is 12.6. The highest BCUT2D eigenvalue weighted by Gasteiger charge is 2.86. The van der Waals surface area contributed by atoms with Gasteiger partial charge in [0.25, 0.3) is 0 Å². The average molecular weight is 727 g/mol. The SMILES string of the molecule is COC(=O)C[C@H](OC(C)=O)[C@]1(C)[C@H]2CC[C@@](C)([C@@H](O[C@@H]3O[C@H](CO)[C@@H](O)[C@H](O)[C@H]3O)c3ccoc3)[C@]3(O[C@H]3C(=O)O)[C@]2(C)C(=O)C[C@H]1C(C)(C)O. The van der Waals surface area contributed by atoms with Crippen LogP contribution in [0.2, 0.25) is 0 Å². The van der Waals surface area contributed by atoms with Crippen LogP contribution in [0, 0.1) is 28.1 Å². The van der Waals surface area contributed by atoms with Gasteiger partial charge in [-0.05, 0) is 45.6 Å². The van der Waals surface area contributed by atoms with Crippen LogP contribution in [-0.2, 0) is 42.9 Å². The first kappa shape index (κ1) is 39.3. The summed E-state index contributed by atoms with van der Waals surface area (Å²) in [6, 6.07) is 1.55. The van der Waals surface area contributed by atoms with Gasteiger partial charge in [0, 0.05) is 35.7 Å². The summed E-state index contributed by atoms with van der Waals surface area (Å²) in [5, 5.41) is 63.9. The molecule has 0 bridgehead atoms. The molecule has 2 saturated heterocycles. The molecule has 16 heteroatoms. The molecule has 0 unspecified atom stereocenters. The van der Waals surface area contributed by atoms with Gasteiger partial charge in [-0.15, -0.1) is 0 Å². The maximum Gasteiger partial charge on any atom is 0.335 e. The summed E-state index contributed by atoms with van der Waals surface area (Å²) in [6.07, 6.45) is -10.1. The van der Waals surface area contributed by atoms with Gasteiger partial charge in [-0.2, -0.15) is 0 Å². The lowest BCUT2D eigenvalue weighted by Gasteiger charge is -2.66. The number of epoxide rings is 1. The monoisotopic (exact) mass is 726 g/mol. The van der Waals surface area contributed by atoms with E-state index >= 15 is 0 Å². The maximum atomic E-state index is 14.8. The van der Waals surface area contributed by atoms with Crippen molar-refractivity contribution in [3.63, 3.8) is 0 Å². The summed E-state index contributed by atoms with van der Waals surface area (Å²) in [5.74, 6) is -4.95. The Kier molecular flexibility index (Phi) is 10.4. The molecule has 1 aromatic rings. The van der Waals surface area contributed by atoms with Crippen LogP contribution < -0.4 is 0 Å². The van der Waals surface area contributed by atoms with Crippen LogP contribution in [0.3, 0.4) is 0 Å². The zero-order valence-corrected chi connectivity index (χ0v) is 29.8. The number of fused-ring (bicyclic) bond motifs is 2. The van der Waals surface area contributed by atoms with Crippen LogP contribution in [0.25, 0.3) is 0 Å². The molecule has 2 saturated carbocycles. The highest BCUT2D eigenvalue weighted by Crippen LogP contribution is 2.77. The Hall–Kier alpha value is -2.96. The minimum absolute atomic E-state index is 0.0801. The number of aliphatic hydroxyl groups excluding tert-OH is 4. The molecule has 3 heterocycles. The number of aliphatic carboxylic acids is 1. The molecule has 4 aliphatic rings. The van der Waals surface area contributed by atoms with Crippen molar-refractivity contribution < 1.29 is 77.9 Å². The Morgan fingerprint density at radius 2 is 1.76 bits per heavy atom. The number of methoxy groups -OCH3 is 1. The highest BCUT2D eigenvalue weighted by molar-refractivity contribution is 5.92. The molecule has 2 aliphatic carbocycles. The van der Waals surface area contributed by atoms with Crippen LogP contribution in [0.4, 0.5) is 0 Å². The first-order valence-electron chi connectivity index (χ1n) is 17.0. The summed E-state index contributed by atoms with van der Waals surface area (Å²) < 4.78 is 34.6. The van der Waals surface area contributed by atoms with Gasteiger partial charge in [-0.25, -0.2) is 4.79 Å². The fourth-order valence-electron chi connectivity index (χ4n) is 10.1. The van der Waals surface area contributed by atoms with E-state index in [-0.39, 0.29) is 19.3 Å². The van der Waals surface area contributed by atoms with Crippen LogP contribution in [-0.4, -0.2) is 122 Å². The van der Waals surface area contributed by atoms with Crippen molar-refractivity contribution >= 4 is 23.7 Å². The van der Waals surface area contributed by atoms with Gasteiger partial charge in [0.1, 0.15) is 41.9 Å². The topological polar surface area (TPSA) is 252 Å². The number of ether oxygens (including phenoxy) is 5. The van der Waals surface area contributed by atoms with Gasteiger partial charge in [0.15, 0.2) is 12.4 Å². The van der Waals surface area contributed by atoms with Gasteiger partial charge in [-0.1, -0.05) is 13.8 Å². The third-order valence-electron chi connectivity index (χ3n) is 12.6. The molecule has 16 nitrogen and oxygen atoms in total. The molecule has 0 amide bonds. The van der Waals surface area contributed by atoms with E-state index in [4.69, 9.17) is 28.1 Å². The third kappa shape index (κ3) is 5.91. The maximum absolute atomic E-state index is 14.8. The summed E-state index contributed by atoms with van der Waals surface area (Å²) in [4.78, 5) is 53.2. The second-order valence-corrected chi connectivity index (χ2v) is 15.6. The first-order valence-corrected chi connectivity index (χ1v) is 17.0. The second-order valence-electron chi connectivity index (χ2n) is 15.6. The van der Waals surface area contributed by atoms with Crippen molar-refractivity contribution in [2.24, 2.45) is 28.1 Å². The normalized spacial score (nSPS) is 42.1. The zero-order chi connectivity index (χ0) is 38.1. The van der Waals surface area contributed by atoms with Crippen molar-refractivity contribution in [3.8, 4) is 0 Å². The van der Waals surface area contributed by atoms with E-state index in [0.717, 1.165) is 0 Å². The quantitative estimate of drug-likeness (QED) is 0.135. The van der Waals surface area contributed by atoms with Crippen molar-refractivity contribution in [3.05, 3.63) is 24.2 Å². The summed E-state index contributed by atoms with van der Waals surface area (Å²) in [7, 11) is 1.18. The first-order chi connectivity index (χ1) is 23.7. The van der Waals surface area contributed by atoms with E-state index in [2.05, 4.69) is 0 Å². The lowest BCUT2D eigenvalue weighted by Crippen LogP contribution is -2.72. The molecular weight excluding hydrogens is 676 g/mol. The molecule has 1 spiro atoms. The summed E-state index contributed by atoms with van der Waals surface area (Å²) in [6.45, 7) is 8.51. The number of rotatable bonds is 11. The van der Waals surface area contributed by atoms with Crippen LogP contribution in [0.15, 0.2) is 23.0 Å². The molecule has 1 aromatic heterocycles. The van der Waals surface area contributed by atoms with Crippen LogP contribution in [0.1, 0.15) is 78.9 Å². The number of carbonyl (C=O) groups is 4. The van der Waals surface area contributed by atoms with Gasteiger partial charge < -0.3 is 58.7 Å². The van der Waals surface area contributed by atoms with E-state index in [1.165, 1.54) is 40.4 Å². The predicted octanol–water partition coefficient (Wildman–Crippen LogP) is 0.643. The van der Waals surface area contributed by atoms with Gasteiger partial charge in [0.2, 0.25) is 0 Å². The van der Waals surface area contributed by atoms with Crippen LogP contribution >= 0.6 is 0 Å². The minimum Gasteiger partial charge on any atom is -0.479 e. The standard InChI is InChI=1S/C35H50O16/c1-16(37)48-22(13-23(39)46-7)33(5)19-8-10-32(4,35(28(51-35)29(43)44)34(19,6)21(38)12-20(33)31(2,3)45)27(17-9-11-47-15-17)50-30-26(42)25(41)24(40)18(14-36)49-30/h9,11,15,18-20,22,24-28,30,36,40-42,45H,8,10,12-14H2,1-7H3,(H,43,44)/t18-,19-,20+,22+,24-,25+,26-,27+,28+,30+,32+,33-,34+,35+/m1/s1. The number of ketones is 1. The zero-order valence-electron chi connectivity index (χ0n) is 29.8. The van der Waals surface area contributed by atoms with Gasteiger partial charge in [-0.3, -0.25) is 14.4 Å². The molecule has 286 valence electrons. The number of aliphatic hydroxyl groups is 5. The minimum atomic E-state index is -1.85. The summed E-state index contributed by atoms with van der Waals surface area (Å²) in [5.41, 5.74) is -7.51. The van der Waals surface area contributed by atoms with E-state index < -0.39 is 125 Å². The van der Waals surface area contributed by atoms with E-state index in [9.17, 15) is 49.8 Å². The highest BCUT2D eigenvalue weighted by atomic mass is 16.7. The largest absolute Gasteiger partial charge is 0.479 e. The number of hydrogen-bond donors (Lipinski definition) is 6. The Labute approximate surface area is 294 Å². The number of carboxylic acid groups (broad SMARTS) is 1. The molecule has 51 heavy (non-hydrogen) atoms. The van der Waals surface area contributed by atoms with E-state index in [1.54, 1.807) is 26.8 Å².